The number of carbonyl (C=O) groups is 1. The number of hydrogen-bond donors (Lipinski definition) is 2. The molecule has 2 rings (SSSR count). The Kier molecular flexibility index (Phi) is 6.02. The summed E-state index contributed by atoms with van der Waals surface area (Å²) in [5.74, 6) is 0.194. The van der Waals surface area contributed by atoms with Crippen molar-refractivity contribution in [2.24, 2.45) is 0 Å². The van der Waals surface area contributed by atoms with E-state index in [4.69, 9.17) is 0 Å². The average molecular weight is 284 g/mol. The molecule has 4 heteroatoms. The highest BCUT2D eigenvalue weighted by atomic mass is 32.2. The SMILES string of the molecule is CSC1CCC(NC(C)C(=O)NC2CCCCC2)C1. The molecule has 2 aliphatic rings. The molecule has 0 aromatic heterocycles. The predicted octanol–water partition coefficient (Wildman–Crippen LogP) is 2.70. The first-order chi connectivity index (χ1) is 9.19. The van der Waals surface area contributed by atoms with Crippen LogP contribution < -0.4 is 10.6 Å². The first-order valence-electron chi connectivity index (χ1n) is 7.78. The van der Waals surface area contributed by atoms with Gasteiger partial charge in [-0.25, -0.2) is 0 Å². The fraction of sp³-hybridized carbons (Fsp3) is 0.933. The van der Waals surface area contributed by atoms with Gasteiger partial charge in [0.2, 0.25) is 5.91 Å². The maximum atomic E-state index is 12.2. The Hall–Kier alpha value is -0.220. The summed E-state index contributed by atoms with van der Waals surface area (Å²) < 4.78 is 0. The molecule has 0 aliphatic heterocycles. The summed E-state index contributed by atoms with van der Waals surface area (Å²) in [7, 11) is 0. The van der Waals surface area contributed by atoms with Gasteiger partial charge in [0.1, 0.15) is 0 Å². The Morgan fingerprint density at radius 1 is 1.11 bits per heavy atom. The summed E-state index contributed by atoms with van der Waals surface area (Å²) in [6.45, 7) is 2.00. The Labute approximate surface area is 121 Å². The zero-order valence-corrected chi connectivity index (χ0v) is 13.1. The van der Waals surface area contributed by atoms with E-state index in [0.29, 0.717) is 12.1 Å². The van der Waals surface area contributed by atoms with Crippen molar-refractivity contribution in [2.75, 3.05) is 6.26 Å². The average Bonchev–Trinajstić information content (AvgIpc) is 2.87. The van der Waals surface area contributed by atoms with Gasteiger partial charge in [0.15, 0.2) is 0 Å². The second kappa shape index (κ2) is 7.53. The molecule has 2 fully saturated rings. The minimum Gasteiger partial charge on any atom is -0.352 e. The van der Waals surface area contributed by atoms with Gasteiger partial charge in [0.05, 0.1) is 6.04 Å². The van der Waals surface area contributed by atoms with Crippen LogP contribution in [-0.2, 0) is 4.79 Å². The highest BCUT2D eigenvalue weighted by molar-refractivity contribution is 7.99. The smallest absolute Gasteiger partial charge is 0.237 e. The topological polar surface area (TPSA) is 41.1 Å². The zero-order valence-electron chi connectivity index (χ0n) is 12.3. The number of thioether (sulfide) groups is 1. The highest BCUT2D eigenvalue weighted by Crippen LogP contribution is 2.28. The fourth-order valence-corrected chi connectivity index (χ4v) is 4.10. The number of hydrogen-bond acceptors (Lipinski definition) is 3. The van der Waals surface area contributed by atoms with Crippen LogP contribution in [-0.4, -0.2) is 35.5 Å². The van der Waals surface area contributed by atoms with Gasteiger partial charge in [0, 0.05) is 17.3 Å². The number of nitrogens with one attached hydrogen (secondary N) is 2. The Balaban J connectivity index is 1.70. The number of amides is 1. The van der Waals surface area contributed by atoms with Crippen molar-refractivity contribution < 1.29 is 4.79 Å². The third kappa shape index (κ3) is 4.67. The third-order valence-corrected chi connectivity index (χ3v) is 5.64. The molecule has 19 heavy (non-hydrogen) atoms. The number of rotatable bonds is 5. The summed E-state index contributed by atoms with van der Waals surface area (Å²) >= 11 is 1.96. The molecular weight excluding hydrogens is 256 g/mol. The van der Waals surface area contributed by atoms with Gasteiger partial charge in [-0.2, -0.15) is 11.8 Å². The molecule has 1 amide bonds. The first-order valence-corrected chi connectivity index (χ1v) is 9.07. The van der Waals surface area contributed by atoms with Gasteiger partial charge < -0.3 is 10.6 Å². The van der Waals surface area contributed by atoms with E-state index in [2.05, 4.69) is 16.9 Å². The molecular formula is C15H28N2OS. The van der Waals surface area contributed by atoms with Crippen molar-refractivity contribution in [3.8, 4) is 0 Å². The van der Waals surface area contributed by atoms with E-state index in [9.17, 15) is 4.79 Å². The Bertz CT molecular complexity index is 292. The lowest BCUT2D eigenvalue weighted by Gasteiger charge is -2.26. The van der Waals surface area contributed by atoms with Crippen LogP contribution in [0.3, 0.4) is 0 Å². The van der Waals surface area contributed by atoms with E-state index in [1.807, 2.05) is 18.7 Å². The van der Waals surface area contributed by atoms with Crippen LogP contribution in [0, 0.1) is 0 Å². The lowest BCUT2D eigenvalue weighted by Crippen LogP contribution is -2.49. The summed E-state index contributed by atoms with van der Waals surface area (Å²) in [6, 6.07) is 0.908. The third-order valence-electron chi connectivity index (χ3n) is 4.55. The molecule has 3 unspecified atom stereocenters. The van der Waals surface area contributed by atoms with Crippen LogP contribution in [0.2, 0.25) is 0 Å². The summed E-state index contributed by atoms with van der Waals surface area (Å²) in [6.07, 6.45) is 12.1. The second-order valence-corrected chi connectivity index (χ2v) is 7.24. The number of carbonyl (C=O) groups excluding carboxylic acids is 1. The van der Waals surface area contributed by atoms with Crippen molar-refractivity contribution in [2.45, 2.75) is 81.7 Å². The first kappa shape index (κ1) is 15.2. The van der Waals surface area contributed by atoms with Crippen molar-refractivity contribution in [1.29, 1.82) is 0 Å². The van der Waals surface area contributed by atoms with E-state index in [0.717, 1.165) is 18.1 Å². The Morgan fingerprint density at radius 2 is 1.84 bits per heavy atom. The molecule has 0 spiro atoms. The maximum absolute atomic E-state index is 12.2. The molecule has 0 heterocycles. The largest absolute Gasteiger partial charge is 0.352 e. The van der Waals surface area contributed by atoms with Crippen LogP contribution in [0.25, 0.3) is 0 Å². The van der Waals surface area contributed by atoms with Crippen LogP contribution >= 0.6 is 11.8 Å². The van der Waals surface area contributed by atoms with Gasteiger partial charge in [0.25, 0.3) is 0 Å². The lowest BCUT2D eigenvalue weighted by atomic mass is 9.95. The summed E-state index contributed by atoms with van der Waals surface area (Å²) in [5, 5.41) is 7.50. The second-order valence-electron chi connectivity index (χ2n) is 6.10. The van der Waals surface area contributed by atoms with Gasteiger partial charge in [-0.3, -0.25) is 4.79 Å². The van der Waals surface area contributed by atoms with Crippen LogP contribution in [0.1, 0.15) is 58.3 Å². The quantitative estimate of drug-likeness (QED) is 0.815. The van der Waals surface area contributed by atoms with E-state index in [1.165, 1.54) is 38.5 Å². The van der Waals surface area contributed by atoms with E-state index in [1.54, 1.807) is 0 Å². The van der Waals surface area contributed by atoms with Crippen LogP contribution in [0.4, 0.5) is 0 Å². The van der Waals surface area contributed by atoms with Gasteiger partial charge in [-0.15, -0.1) is 0 Å². The van der Waals surface area contributed by atoms with Crippen molar-refractivity contribution in [3.05, 3.63) is 0 Å². The summed E-state index contributed by atoms with van der Waals surface area (Å²) in [4.78, 5) is 12.2. The Morgan fingerprint density at radius 3 is 2.47 bits per heavy atom. The molecule has 110 valence electrons. The van der Waals surface area contributed by atoms with Crippen molar-refractivity contribution in [3.63, 3.8) is 0 Å². The normalized spacial score (nSPS) is 30.2. The molecule has 2 aliphatic carbocycles. The molecule has 3 atom stereocenters. The van der Waals surface area contributed by atoms with Crippen LogP contribution in [0.5, 0.6) is 0 Å². The molecule has 2 N–H and O–H groups in total. The van der Waals surface area contributed by atoms with Gasteiger partial charge >= 0.3 is 0 Å². The highest BCUT2D eigenvalue weighted by Gasteiger charge is 2.27. The molecule has 3 nitrogen and oxygen atoms in total. The zero-order chi connectivity index (χ0) is 13.7. The van der Waals surface area contributed by atoms with E-state index >= 15 is 0 Å². The molecule has 0 aromatic rings. The molecule has 2 saturated carbocycles. The predicted molar refractivity (Wildman–Crippen MR) is 82.6 cm³/mol. The van der Waals surface area contributed by atoms with Gasteiger partial charge in [-0.1, -0.05) is 19.3 Å². The molecule has 0 aromatic carbocycles. The van der Waals surface area contributed by atoms with E-state index in [-0.39, 0.29) is 11.9 Å². The van der Waals surface area contributed by atoms with Crippen molar-refractivity contribution >= 4 is 17.7 Å². The molecule has 0 radical (unpaired) electrons. The molecule has 0 bridgehead atoms. The standard InChI is InChI=1S/C15H28N2OS/c1-11(16-13-8-9-14(10-13)19-2)15(18)17-12-6-4-3-5-7-12/h11-14,16H,3-10H2,1-2H3,(H,17,18). The van der Waals surface area contributed by atoms with Crippen molar-refractivity contribution in [1.82, 2.24) is 10.6 Å². The maximum Gasteiger partial charge on any atom is 0.237 e. The minimum absolute atomic E-state index is 0.0486. The monoisotopic (exact) mass is 284 g/mol. The van der Waals surface area contributed by atoms with Gasteiger partial charge in [-0.05, 0) is 45.3 Å². The van der Waals surface area contributed by atoms with Crippen LogP contribution in [0.15, 0.2) is 0 Å². The van der Waals surface area contributed by atoms with E-state index < -0.39 is 0 Å². The minimum atomic E-state index is -0.0486. The summed E-state index contributed by atoms with van der Waals surface area (Å²) in [5.41, 5.74) is 0. The fourth-order valence-electron chi connectivity index (χ4n) is 3.31. The molecule has 0 saturated heterocycles. The lowest BCUT2D eigenvalue weighted by molar-refractivity contribution is -0.123.